The third-order valence-electron chi connectivity index (χ3n) is 5.57. The summed E-state index contributed by atoms with van der Waals surface area (Å²) in [4.78, 5) is 20.5. The van der Waals surface area contributed by atoms with Crippen LogP contribution >= 0.6 is 0 Å². The average Bonchev–Trinajstić information content (AvgIpc) is 3.31. The van der Waals surface area contributed by atoms with E-state index < -0.39 is 0 Å². The zero-order valence-electron chi connectivity index (χ0n) is 18.4. The summed E-state index contributed by atoms with van der Waals surface area (Å²) in [7, 11) is 0. The van der Waals surface area contributed by atoms with Crippen LogP contribution in [-0.4, -0.2) is 15.9 Å². The van der Waals surface area contributed by atoms with E-state index in [0.29, 0.717) is 12.0 Å². The minimum Gasteiger partial charge on any atom is -0.342 e. The van der Waals surface area contributed by atoms with Gasteiger partial charge in [0.25, 0.3) is 5.91 Å². The van der Waals surface area contributed by atoms with Crippen LogP contribution in [-0.2, 0) is 6.42 Å². The fourth-order valence-corrected chi connectivity index (χ4v) is 3.68. The second-order valence-electron chi connectivity index (χ2n) is 7.77. The smallest absolute Gasteiger partial charge is 0.255 e. The van der Waals surface area contributed by atoms with Crippen LogP contribution in [0.25, 0.3) is 22.4 Å². The molecule has 0 bridgehead atoms. The SMILES string of the molecule is C/C=C(\CCc1ncc(-c2ccc(-c3ccccc3)cc2)[nH]1)NC(=O)c1ccccc1C. The van der Waals surface area contributed by atoms with Crippen molar-refractivity contribution in [3.8, 4) is 22.4 Å². The van der Waals surface area contributed by atoms with Crippen molar-refractivity contribution >= 4 is 5.91 Å². The molecule has 2 N–H and O–H groups in total. The van der Waals surface area contributed by atoms with Gasteiger partial charge < -0.3 is 10.3 Å². The number of carbonyl (C=O) groups excluding carboxylic acids is 1. The van der Waals surface area contributed by atoms with Crippen molar-refractivity contribution in [2.45, 2.75) is 26.7 Å². The quantitative estimate of drug-likeness (QED) is 0.367. The summed E-state index contributed by atoms with van der Waals surface area (Å²) < 4.78 is 0. The molecule has 4 heteroatoms. The first-order valence-electron chi connectivity index (χ1n) is 10.9. The number of aryl methyl sites for hydroxylation is 2. The monoisotopic (exact) mass is 421 g/mol. The number of aromatic amines is 1. The van der Waals surface area contributed by atoms with Gasteiger partial charge in [0.05, 0.1) is 11.9 Å². The van der Waals surface area contributed by atoms with E-state index in [0.717, 1.165) is 34.8 Å². The molecule has 0 spiro atoms. The summed E-state index contributed by atoms with van der Waals surface area (Å²) in [5.74, 6) is 0.825. The maximum absolute atomic E-state index is 12.6. The molecule has 0 fully saturated rings. The summed E-state index contributed by atoms with van der Waals surface area (Å²) in [5, 5.41) is 3.03. The number of aromatic nitrogens is 2. The van der Waals surface area contributed by atoms with Gasteiger partial charge in [-0.1, -0.05) is 78.9 Å². The lowest BCUT2D eigenvalue weighted by molar-refractivity contribution is 0.0964. The molecule has 0 aliphatic rings. The van der Waals surface area contributed by atoms with Crippen LogP contribution in [0, 0.1) is 6.92 Å². The molecular formula is C28H27N3O. The highest BCUT2D eigenvalue weighted by Gasteiger charge is 2.11. The number of imidazole rings is 1. The fourth-order valence-electron chi connectivity index (χ4n) is 3.68. The zero-order chi connectivity index (χ0) is 22.3. The second-order valence-corrected chi connectivity index (χ2v) is 7.77. The normalized spacial score (nSPS) is 11.4. The number of benzene rings is 3. The standard InChI is InChI=1S/C28H27N3O/c1-3-24(30-28(32)25-12-8-7-9-20(25)2)17-18-27-29-19-26(31-27)23-15-13-22(14-16-23)21-10-5-4-6-11-21/h3-16,19H,17-18H2,1-2H3,(H,29,31)(H,30,32)/b24-3+. The Labute approximate surface area is 189 Å². The first kappa shape index (κ1) is 21.3. The molecule has 0 atom stereocenters. The third-order valence-corrected chi connectivity index (χ3v) is 5.57. The predicted octanol–water partition coefficient (Wildman–Crippen LogP) is 6.32. The molecule has 0 saturated carbocycles. The van der Waals surface area contributed by atoms with Gasteiger partial charge in [-0.2, -0.15) is 0 Å². The van der Waals surface area contributed by atoms with E-state index in [1.807, 2.05) is 68.6 Å². The highest BCUT2D eigenvalue weighted by atomic mass is 16.1. The van der Waals surface area contributed by atoms with Crippen molar-refractivity contribution in [1.82, 2.24) is 15.3 Å². The van der Waals surface area contributed by atoms with Crippen molar-refractivity contribution in [1.29, 1.82) is 0 Å². The average molecular weight is 422 g/mol. The summed E-state index contributed by atoms with van der Waals surface area (Å²) in [6.07, 6.45) is 5.24. The minimum atomic E-state index is -0.0742. The van der Waals surface area contributed by atoms with Gasteiger partial charge in [0.15, 0.2) is 0 Å². The van der Waals surface area contributed by atoms with E-state index in [4.69, 9.17) is 0 Å². The Morgan fingerprint density at radius 3 is 2.28 bits per heavy atom. The Bertz CT molecular complexity index is 1220. The van der Waals surface area contributed by atoms with Crippen LogP contribution in [0.15, 0.2) is 96.8 Å². The molecule has 1 heterocycles. The topological polar surface area (TPSA) is 57.8 Å². The van der Waals surface area contributed by atoms with Crippen LogP contribution < -0.4 is 5.32 Å². The van der Waals surface area contributed by atoms with Crippen LogP contribution in [0.2, 0.25) is 0 Å². The summed E-state index contributed by atoms with van der Waals surface area (Å²) in [6, 6.07) is 26.4. The van der Waals surface area contributed by atoms with E-state index in [1.165, 1.54) is 11.1 Å². The van der Waals surface area contributed by atoms with Gasteiger partial charge in [-0.15, -0.1) is 0 Å². The Morgan fingerprint density at radius 1 is 0.906 bits per heavy atom. The second kappa shape index (κ2) is 9.92. The predicted molar refractivity (Wildman–Crippen MR) is 130 cm³/mol. The first-order valence-corrected chi connectivity index (χ1v) is 10.9. The highest BCUT2D eigenvalue weighted by Crippen LogP contribution is 2.24. The van der Waals surface area contributed by atoms with Gasteiger partial charge in [0.2, 0.25) is 0 Å². The number of amides is 1. The number of carbonyl (C=O) groups is 1. The van der Waals surface area contributed by atoms with E-state index in [2.05, 4.69) is 51.7 Å². The lowest BCUT2D eigenvalue weighted by atomic mass is 10.0. The molecule has 160 valence electrons. The van der Waals surface area contributed by atoms with E-state index in [-0.39, 0.29) is 5.91 Å². The van der Waals surface area contributed by atoms with Crippen LogP contribution in [0.5, 0.6) is 0 Å². The molecular weight excluding hydrogens is 394 g/mol. The number of nitrogens with zero attached hydrogens (tertiary/aromatic N) is 1. The molecule has 1 aromatic heterocycles. The number of H-pyrrole nitrogens is 1. The molecule has 1 amide bonds. The minimum absolute atomic E-state index is 0.0742. The summed E-state index contributed by atoms with van der Waals surface area (Å²) in [5.41, 5.74) is 7.05. The summed E-state index contributed by atoms with van der Waals surface area (Å²) in [6.45, 7) is 3.89. The zero-order valence-corrected chi connectivity index (χ0v) is 18.4. The lowest BCUT2D eigenvalue weighted by Crippen LogP contribution is -2.23. The van der Waals surface area contributed by atoms with Gasteiger partial charge in [0, 0.05) is 17.7 Å². The first-order chi connectivity index (χ1) is 15.6. The van der Waals surface area contributed by atoms with Gasteiger partial charge in [-0.05, 0) is 48.6 Å². The molecule has 0 aliphatic heterocycles. The number of hydrogen-bond donors (Lipinski definition) is 2. The van der Waals surface area contributed by atoms with E-state index in [1.54, 1.807) is 0 Å². The van der Waals surface area contributed by atoms with Crippen molar-refractivity contribution in [3.05, 3.63) is 114 Å². The lowest BCUT2D eigenvalue weighted by Gasteiger charge is -2.10. The molecule has 4 rings (SSSR count). The maximum atomic E-state index is 12.6. The fraction of sp³-hybridized carbons (Fsp3) is 0.143. The Kier molecular flexibility index (Phi) is 6.61. The Morgan fingerprint density at radius 2 is 1.56 bits per heavy atom. The van der Waals surface area contributed by atoms with Gasteiger partial charge >= 0.3 is 0 Å². The van der Waals surface area contributed by atoms with Crippen molar-refractivity contribution in [3.63, 3.8) is 0 Å². The van der Waals surface area contributed by atoms with E-state index >= 15 is 0 Å². The van der Waals surface area contributed by atoms with E-state index in [9.17, 15) is 4.79 Å². The molecule has 0 aliphatic carbocycles. The van der Waals surface area contributed by atoms with Crippen molar-refractivity contribution in [2.75, 3.05) is 0 Å². The third kappa shape index (κ3) is 5.03. The highest BCUT2D eigenvalue weighted by molar-refractivity contribution is 5.96. The van der Waals surface area contributed by atoms with Crippen LogP contribution in [0.1, 0.15) is 35.1 Å². The van der Waals surface area contributed by atoms with Gasteiger partial charge in [-0.25, -0.2) is 4.98 Å². The molecule has 4 aromatic rings. The number of nitrogens with one attached hydrogen (secondary N) is 2. The largest absolute Gasteiger partial charge is 0.342 e. The molecule has 4 nitrogen and oxygen atoms in total. The molecule has 0 radical (unpaired) electrons. The van der Waals surface area contributed by atoms with Crippen molar-refractivity contribution < 1.29 is 4.79 Å². The Hall–Kier alpha value is -3.92. The molecule has 0 saturated heterocycles. The molecule has 0 unspecified atom stereocenters. The van der Waals surface area contributed by atoms with Gasteiger partial charge in [0.1, 0.15) is 5.82 Å². The number of hydrogen-bond acceptors (Lipinski definition) is 2. The van der Waals surface area contributed by atoms with Gasteiger partial charge in [-0.3, -0.25) is 4.79 Å². The van der Waals surface area contributed by atoms with Crippen LogP contribution in [0.4, 0.5) is 0 Å². The Balaban J connectivity index is 1.37. The number of rotatable bonds is 7. The van der Waals surface area contributed by atoms with Crippen molar-refractivity contribution in [2.24, 2.45) is 0 Å². The molecule has 3 aromatic carbocycles. The molecule has 32 heavy (non-hydrogen) atoms. The summed E-state index contributed by atoms with van der Waals surface area (Å²) >= 11 is 0. The van der Waals surface area contributed by atoms with Crippen LogP contribution in [0.3, 0.4) is 0 Å². The maximum Gasteiger partial charge on any atom is 0.255 e. The number of allylic oxidation sites excluding steroid dienone is 2.